The molecular weight excluding hydrogens is 254 g/mol. The zero-order valence-electron chi connectivity index (χ0n) is 10.1. The van der Waals surface area contributed by atoms with E-state index in [0.717, 1.165) is 22.2 Å². The molecule has 96 valence electrons. The molecule has 0 aliphatic rings. The van der Waals surface area contributed by atoms with Crippen molar-refractivity contribution in [3.63, 3.8) is 0 Å². The van der Waals surface area contributed by atoms with E-state index >= 15 is 0 Å². The second kappa shape index (κ2) is 4.77. The number of hydrogen-bond acceptors (Lipinski definition) is 5. The van der Waals surface area contributed by atoms with E-state index in [-0.39, 0.29) is 4.90 Å². The monoisotopic (exact) mass is 267 g/mol. The van der Waals surface area contributed by atoms with Gasteiger partial charge in [-0.1, -0.05) is 0 Å². The summed E-state index contributed by atoms with van der Waals surface area (Å²) in [5.41, 5.74) is 0.769. The number of aryl methyl sites for hydroxylation is 1. The Bertz CT molecular complexity index is 636. The molecule has 0 fully saturated rings. The van der Waals surface area contributed by atoms with Gasteiger partial charge in [0.2, 0.25) is 0 Å². The Morgan fingerprint density at radius 1 is 1.28 bits per heavy atom. The third-order valence-electron chi connectivity index (χ3n) is 2.42. The van der Waals surface area contributed by atoms with Gasteiger partial charge in [-0.3, -0.25) is 0 Å². The molecule has 0 amide bonds. The summed E-state index contributed by atoms with van der Waals surface area (Å²) < 4.78 is 30.7. The Balaban J connectivity index is 2.44. The first-order valence-corrected chi connectivity index (χ1v) is 6.83. The summed E-state index contributed by atoms with van der Waals surface area (Å²) in [6, 6.07) is 4.73. The highest BCUT2D eigenvalue weighted by Gasteiger charge is 2.17. The number of hydrogen-bond donors (Lipinski definition) is 0. The molecule has 0 aliphatic heterocycles. The van der Waals surface area contributed by atoms with Gasteiger partial charge in [0.1, 0.15) is 18.4 Å². The van der Waals surface area contributed by atoms with Crippen molar-refractivity contribution in [2.24, 2.45) is 0 Å². The lowest BCUT2D eigenvalue weighted by atomic mass is 10.2. The van der Waals surface area contributed by atoms with Gasteiger partial charge in [-0.2, -0.15) is 0 Å². The number of rotatable bonds is 4. The third-order valence-corrected chi connectivity index (χ3v) is 4.01. The minimum atomic E-state index is -3.61. The molecule has 1 aromatic carbocycles. The van der Waals surface area contributed by atoms with E-state index in [9.17, 15) is 8.42 Å². The van der Waals surface area contributed by atoms with Crippen LogP contribution in [0.15, 0.2) is 35.7 Å². The van der Waals surface area contributed by atoms with Gasteiger partial charge in [0, 0.05) is 0 Å². The lowest BCUT2D eigenvalue weighted by Crippen LogP contribution is -2.11. The number of nitrogens with zero attached hydrogens (tertiary/aromatic N) is 3. The van der Waals surface area contributed by atoms with Gasteiger partial charge in [0.25, 0.3) is 10.0 Å². The Labute approximate surface area is 105 Å². The minimum absolute atomic E-state index is 0.184. The van der Waals surface area contributed by atoms with Crippen LogP contribution in [0.25, 0.3) is 0 Å². The smallest absolute Gasteiger partial charge is 0.270 e. The van der Waals surface area contributed by atoms with Crippen LogP contribution in [-0.4, -0.2) is 29.2 Å². The third kappa shape index (κ3) is 2.21. The molecule has 2 aromatic rings. The molecule has 0 saturated carbocycles. The van der Waals surface area contributed by atoms with Crippen LogP contribution in [0.5, 0.6) is 5.75 Å². The van der Waals surface area contributed by atoms with Gasteiger partial charge >= 0.3 is 0 Å². The van der Waals surface area contributed by atoms with Crippen molar-refractivity contribution in [1.29, 1.82) is 0 Å². The summed E-state index contributed by atoms with van der Waals surface area (Å²) >= 11 is 0. The first kappa shape index (κ1) is 12.6. The Kier molecular flexibility index (Phi) is 3.33. The van der Waals surface area contributed by atoms with E-state index in [1.165, 1.54) is 6.07 Å². The molecule has 0 bridgehead atoms. The number of ether oxygens (including phenoxy) is 1. The number of aromatic nitrogens is 3. The minimum Gasteiger partial charge on any atom is -0.494 e. The molecule has 0 atom stereocenters. The molecule has 0 spiro atoms. The highest BCUT2D eigenvalue weighted by atomic mass is 32.2. The Morgan fingerprint density at radius 3 is 2.50 bits per heavy atom. The van der Waals surface area contributed by atoms with Crippen molar-refractivity contribution in [2.45, 2.75) is 18.7 Å². The molecule has 7 heteroatoms. The van der Waals surface area contributed by atoms with E-state index in [0.29, 0.717) is 12.4 Å². The van der Waals surface area contributed by atoms with Crippen LogP contribution in [-0.2, 0) is 10.0 Å². The predicted molar refractivity (Wildman–Crippen MR) is 65.0 cm³/mol. The highest BCUT2D eigenvalue weighted by molar-refractivity contribution is 7.90. The van der Waals surface area contributed by atoms with Gasteiger partial charge in [-0.25, -0.2) is 12.4 Å². The molecule has 0 unspecified atom stereocenters. The second-order valence-corrected chi connectivity index (χ2v) is 5.50. The fraction of sp³-hybridized carbons (Fsp3) is 0.273. The normalized spacial score (nSPS) is 11.4. The molecule has 0 aliphatic carbocycles. The van der Waals surface area contributed by atoms with Crippen molar-refractivity contribution < 1.29 is 13.2 Å². The van der Waals surface area contributed by atoms with Gasteiger partial charge in [-0.05, 0) is 37.6 Å². The zero-order chi connectivity index (χ0) is 13.2. The fourth-order valence-corrected chi connectivity index (χ4v) is 2.68. The molecule has 1 aromatic heterocycles. The van der Waals surface area contributed by atoms with Crippen molar-refractivity contribution in [2.75, 3.05) is 6.61 Å². The quantitative estimate of drug-likeness (QED) is 0.832. The van der Waals surface area contributed by atoms with E-state index in [4.69, 9.17) is 4.74 Å². The molecule has 0 radical (unpaired) electrons. The molecule has 18 heavy (non-hydrogen) atoms. The van der Waals surface area contributed by atoms with E-state index < -0.39 is 10.0 Å². The van der Waals surface area contributed by atoms with Crippen LogP contribution in [0.3, 0.4) is 0 Å². The zero-order valence-corrected chi connectivity index (χ0v) is 10.9. The van der Waals surface area contributed by atoms with Crippen molar-refractivity contribution in [3.8, 4) is 5.75 Å². The SMILES string of the molecule is CCOc1ccc(S(=O)(=O)n2cnnc2)cc1C. The van der Waals surface area contributed by atoms with E-state index in [1.54, 1.807) is 19.1 Å². The lowest BCUT2D eigenvalue weighted by molar-refractivity contribution is 0.337. The van der Waals surface area contributed by atoms with Crippen LogP contribution < -0.4 is 4.74 Å². The summed E-state index contributed by atoms with van der Waals surface area (Å²) in [7, 11) is -3.61. The summed E-state index contributed by atoms with van der Waals surface area (Å²) in [6.45, 7) is 4.22. The van der Waals surface area contributed by atoms with Crippen LogP contribution in [0.2, 0.25) is 0 Å². The van der Waals surface area contributed by atoms with Crippen molar-refractivity contribution >= 4 is 10.0 Å². The molecule has 0 N–H and O–H groups in total. The summed E-state index contributed by atoms with van der Waals surface area (Å²) in [5, 5.41) is 6.98. The summed E-state index contributed by atoms with van der Waals surface area (Å²) in [4.78, 5) is 0.184. The van der Waals surface area contributed by atoms with Crippen LogP contribution >= 0.6 is 0 Å². The Hall–Kier alpha value is -1.89. The Morgan fingerprint density at radius 2 is 1.94 bits per heavy atom. The topological polar surface area (TPSA) is 74.1 Å². The maximum atomic E-state index is 12.2. The maximum Gasteiger partial charge on any atom is 0.270 e. The van der Waals surface area contributed by atoms with Gasteiger partial charge < -0.3 is 4.74 Å². The van der Waals surface area contributed by atoms with Crippen LogP contribution in [0, 0.1) is 6.92 Å². The van der Waals surface area contributed by atoms with Gasteiger partial charge in [0.15, 0.2) is 0 Å². The molecular formula is C11H13N3O3S. The molecule has 6 nitrogen and oxygen atoms in total. The van der Waals surface area contributed by atoms with Crippen molar-refractivity contribution in [3.05, 3.63) is 36.4 Å². The average molecular weight is 267 g/mol. The summed E-state index contributed by atoms with van der Waals surface area (Å²) in [5.74, 6) is 0.681. The fourth-order valence-electron chi connectivity index (χ4n) is 1.54. The van der Waals surface area contributed by atoms with Crippen LogP contribution in [0.4, 0.5) is 0 Å². The first-order valence-electron chi connectivity index (χ1n) is 5.39. The largest absolute Gasteiger partial charge is 0.494 e. The number of benzene rings is 1. The van der Waals surface area contributed by atoms with E-state index in [2.05, 4.69) is 10.2 Å². The van der Waals surface area contributed by atoms with Gasteiger partial charge in [0.05, 0.1) is 11.5 Å². The first-order chi connectivity index (χ1) is 8.55. The van der Waals surface area contributed by atoms with E-state index in [1.807, 2.05) is 6.92 Å². The van der Waals surface area contributed by atoms with Crippen molar-refractivity contribution in [1.82, 2.24) is 14.2 Å². The lowest BCUT2D eigenvalue weighted by Gasteiger charge is -2.09. The average Bonchev–Trinajstić information content (AvgIpc) is 2.86. The molecule has 0 saturated heterocycles. The van der Waals surface area contributed by atoms with Crippen LogP contribution in [0.1, 0.15) is 12.5 Å². The summed E-state index contributed by atoms with van der Waals surface area (Å²) in [6.07, 6.45) is 2.31. The second-order valence-electron chi connectivity index (χ2n) is 3.66. The highest BCUT2D eigenvalue weighted by Crippen LogP contribution is 2.22. The molecule has 2 rings (SSSR count). The van der Waals surface area contributed by atoms with Gasteiger partial charge in [-0.15, -0.1) is 10.2 Å². The predicted octanol–water partition coefficient (Wildman–Crippen LogP) is 1.22. The molecule has 1 heterocycles. The standard InChI is InChI=1S/C11H13N3O3S/c1-3-17-11-5-4-10(6-9(11)2)18(15,16)14-7-12-13-8-14/h4-8H,3H2,1-2H3. The maximum absolute atomic E-state index is 12.2.